The molecule has 9 nitrogen and oxygen atoms in total. The van der Waals surface area contributed by atoms with E-state index in [2.05, 4.69) is 22.0 Å². The van der Waals surface area contributed by atoms with Crippen molar-refractivity contribution in [2.75, 3.05) is 18.8 Å². The first-order valence-corrected chi connectivity index (χ1v) is 10.9. The molecule has 1 aliphatic rings. The van der Waals surface area contributed by atoms with Crippen LogP contribution >= 0.6 is 0 Å². The second kappa shape index (κ2) is 8.75. The quantitative estimate of drug-likeness (QED) is 0.458. The van der Waals surface area contributed by atoms with Gasteiger partial charge in [-0.25, -0.2) is 5.10 Å². The fourth-order valence-electron chi connectivity index (χ4n) is 4.20. The Morgan fingerprint density at radius 3 is 2.62 bits per heavy atom. The molecule has 0 aliphatic carbocycles. The number of likely N-dealkylation sites (tertiary alicyclic amines) is 1. The Kier molecular flexibility index (Phi) is 5.47. The Bertz CT molecular complexity index is 1480. The lowest BCUT2D eigenvalue weighted by Crippen LogP contribution is -2.28. The number of aromatic amines is 1. The number of hydrogen-bond donors (Lipinski definition) is 2. The van der Waals surface area contributed by atoms with Gasteiger partial charge in [-0.05, 0) is 55.7 Å². The van der Waals surface area contributed by atoms with Crippen LogP contribution in [0, 0.1) is 11.8 Å². The average Bonchev–Trinajstić information content (AvgIpc) is 3.49. The molecule has 0 radical (unpaired) electrons. The van der Waals surface area contributed by atoms with E-state index in [4.69, 9.17) is 15.6 Å². The lowest BCUT2D eigenvalue weighted by Gasteiger charge is -2.14. The largest absolute Gasteiger partial charge is 0.457 e. The standard InChI is InChI=1S/C25H22N6O3/c1-2-6-20(32)30-14-13-17(15-30)31-23-21(24(26)27-28-25(23)33)22(29-31)16-9-11-19(12-10-16)34-18-7-4-3-5-8-18/h3-5,7-12,17H,13-15H2,1H3,(H2,26,27)(H,28,33). The minimum absolute atomic E-state index is 0.178. The number of anilines is 1. The van der Waals surface area contributed by atoms with Crippen LogP contribution < -0.4 is 16.0 Å². The second-order valence-electron chi connectivity index (χ2n) is 7.96. The number of H-pyrrole nitrogens is 1. The molecule has 1 amide bonds. The molecule has 3 heterocycles. The van der Waals surface area contributed by atoms with Crippen LogP contribution in [0.3, 0.4) is 0 Å². The molecular weight excluding hydrogens is 432 g/mol. The van der Waals surface area contributed by atoms with Gasteiger partial charge in [-0.15, -0.1) is 0 Å². The summed E-state index contributed by atoms with van der Waals surface area (Å²) in [6.45, 7) is 2.58. The Labute approximate surface area is 195 Å². The number of aromatic nitrogens is 4. The molecule has 1 saturated heterocycles. The van der Waals surface area contributed by atoms with Crippen LogP contribution in [0.4, 0.5) is 5.82 Å². The van der Waals surface area contributed by atoms with Crippen LogP contribution in [0.2, 0.25) is 0 Å². The van der Waals surface area contributed by atoms with E-state index < -0.39 is 0 Å². The van der Waals surface area contributed by atoms with Crippen molar-refractivity contribution >= 4 is 22.6 Å². The number of nitrogens with one attached hydrogen (secondary N) is 1. The first kappa shape index (κ1) is 21.3. The fourth-order valence-corrected chi connectivity index (χ4v) is 4.20. The number of carbonyl (C=O) groups is 1. The summed E-state index contributed by atoms with van der Waals surface area (Å²) < 4.78 is 7.54. The van der Waals surface area contributed by atoms with Crippen molar-refractivity contribution in [3.8, 4) is 34.6 Å². The molecule has 170 valence electrons. The molecule has 1 fully saturated rings. The van der Waals surface area contributed by atoms with Crippen molar-refractivity contribution in [3.63, 3.8) is 0 Å². The molecule has 4 aromatic rings. The first-order valence-electron chi connectivity index (χ1n) is 10.9. The molecule has 0 bridgehead atoms. The highest BCUT2D eigenvalue weighted by atomic mass is 16.5. The molecule has 34 heavy (non-hydrogen) atoms. The summed E-state index contributed by atoms with van der Waals surface area (Å²) in [4.78, 5) is 26.6. The third-order valence-electron chi connectivity index (χ3n) is 5.79. The number of nitrogens with two attached hydrogens (primary N) is 1. The lowest BCUT2D eigenvalue weighted by atomic mass is 10.1. The second-order valence-corrected chi connectivity index (χ2v) is 7.96. The van der Waals surface area contributed by atoms with Crippen LogP contribution in [0.25, 0.3) is 22.2 Å². The van der Waals surface area contributed by atoms with Crippen molar-refractivity contribution in [2.24, 2.45) is 0 Å². The number of rotatable bonds is 4. The van der Waals surface area contributed by atoms with Crippen LogP contribution in [-0.2, 0) is 4.79 Å². The average molecular weight is 454 g/mol. The predicted octanol–water partition coefficient (Wildman–Crippen LogP) is 2.96. The SMILES string of the molecule is CC#CC(=O)N1CCC(n2nc(-c3ccc(Oc4ccccc4)cc3)c3c(N)n[nH]c(=O)c32)C1. The van der Waals surface area contributed by atoms with Crippen LogP contribution in [0.15, 0.2) is 59.4 Å². The maximum absolute atomic E-state index is 12.8. The number of nitrogens with zero attached hydrogens (tertiary/aromatic N) is 4. The molecule has 1 atom stereocenters. The van der Waals surface area contributed by atoms with Crippen LogP contribution in [0.5, 0.6) is 11.5 Å². The molecule has 2 aromatic carbocycles. The number of para-hydroxylation sites is 1. The van der Waals surface area contributed by atoms with E-state index in [0.717, 1.165) is 11.3 Å². The van der Waals surface area contributed by atoms with E-state index in [9.17, 15) is 9.59 Å². The maximum atomic E-state index is 12.8. The van der Waals surface area contributed by atoms with Crippen molar-refractivity contribution in [3.05, 3.63) is 65.0 Å². The molecule has 0 saturated carbocycles. The third kappa shape index (κ3) is 3.86. The van der Waals surface area contributed by atoms with Crippen LogP contribution in [0.1, 0.15) is 19.4 Å². The minimum atomic E-state index is -0.384. The Morgan fingerprint density at radius 1 is 1.15 bits per heavy atom. The predicted molar refractivity (Wildman–Crippen MR) is 128 cm³/mol. The summed E-state index contributed by atoms with van der Waals surface area (Å²) in [5.74, 6) is 6.56. The van der Waals surface area contributed by atoms with Gasteiger partial charge < -0.3 is 15.4 Å². The molecule has 5 rings (SSSR count). The molecule has 0 spiro atoms. The van der Waals surface area contributed by atoms with Crippen molar-refractivity contribution < 1.29 is 9.53 Å². The number of nitrogen functional groups attached to an aromatic ring is 1. The summed E-state index contributed by atoms with van der Waals surface area (Å²) in [5, 5.41) is 11.7. The highest BCUT2D eigenvalue weighted by Gasteiger charge is 2.31. The smallest absolute Gasteiger partial charge is 0.298 e. The Hall–Kier alpha value is -4.58. The Balaban J connectivity index is 1.52. The minimum Gasteiger partial charge on any atom is -0.457 e. The number of carbonyl (C=O) groups excluding carboxylic acids is 1. The van der Waals surface area contributed by atoms with Gasteiger partial charge in [-0.3, -0.25) is 14.3 Å². The number of amides is 1. The molecule has 1 unspecified atom stereocenters. The monoisotopic (exact) mass is 454 g/mol. The number of ether oxygens (including phenoxy) is 1. The summed E-state index contributed by atoms with van der Waals surface area (Å²) in [7, 11) is 0. The van der Waals surface area contributed by atoms with E-state index in [1.807, 2.05) is 54.6 Å². The first-order chi connectivity index (χ1) is 16.5. The highest BCUT2D eigenvalue weighted by molar-refractivity contribution is 5.99. The van der Waals surface area contributed by atoms with E-state index in [-0.39, 0.29) is 23.3 Å². The Morgan fingerprint density at radius 2 is 1.88 bits per heavy atom. The zero-order chi connectivity index (χ0) is 23.7. The van der Waals surface area contributed by atoms with Crippen molar-refractivity contribution in [1.82, 2.24) is 24.9 Å². The van der Waals surface area contributed by atoms with Gasteiger partial charge in [0.05, 0.1) is 11.4 Å². The van der Waals surface area contributed by atoms with E-state index in [1.165, 1.54) is 0 Å². The van der Waals surface area contributed by atoms with Gasteiger partial charge in [-0.1, -0.05) is 24.1 Å². The van der Waals surface area contributed by atoms with Gasteiger partial charge in [0.25, 0.3) is 11.5 Å². The number of benzene rings is 2. The molecule has 1 aliphatic heterocycles. The third-order valence-corrected chi connectivity index (χ3v) is 5.79. The van der Waals surface area contributed by atoms with Gasteiger partial charge in [-0.2, -0.15) is 10.2 Å². The molecule has 9 heteroatoms. The topological polar surface area (TPSA) is 119 Å². The highest BCUT2D eigenvalue weighted by Crippen LogP contribution is 2.34. The summed E-state index contributed by atoms with van der Waals surface area (Å²) in [6.07, 6.45) is 0.652. The zero-order valence-electron chi connectivity index (χ0n) is 18.5. The fraction of sp³-hybridized carbons (Fsp3) is 0.200. The molecular formula is C25H22N6O3. The summed E-state index contributed by atoms with van der Waals surface area (Å²) >= 11 is 0. The van der Waals surface area contributed by atoms with Crippen molar-refractivity contribution in [1.29, 1.82) is 0 Å². The van der Waals surface area contributed by atoms with Gasteiger partial charge in [0.1, 0.15) is 22.7 Å². The van der Waals surface area contributed by atoms with E-state index >= 15 is 0 Å². The van der Waals surface area contributed by atoms with E-state index in [0.29, 0.717) is 41.9 Å². The van der Waals surface area contributed by atoms with Gasteiger partial charge in [0.15, 0.2) is 5.82 Å². The zero-order valence-corrected chi connectivity index (χ0v) is 18.5. The van der Waals surface area contributed by atoms with E-state index in [1.54, 1.807) is 16.5 Å². The molecule has 2 aromatic heterocycles. The number of hydrogen-bond acceptors (Lipinski definition) is 6. The normalized spacial score (nSPS) is 15.2. The number of fused-ring (bicyclic) bond motifs is 1. The van der Waals surface area contributed by atoms with Gasteiger partial charge in [0.2, 0.25) is 0 Å². The van der Waals surface area contributed by atoms with Crippen LogP contribution in [-0.4, -0.2) is 43.9 Å². The summed E-state index contributed by atoms with van der Waals surface area (Å²) in [6, 6.07) is 16.7. The maximum Gasteiger partial charge on any atom is 0.298 e. The van der Waals surface area contributed by atoms with Crippen molar-refractivity contribution in [2.45, 2.75) is 19.4 Å². The molecule has 3 N–H and O–H groups in total. The summed E-state index contributed by atoms with van der Waals surface area (Å²) in [5.41, 5.74) is 7.46. The lowest BCUT2D eigenvalue weighted by molar-refractivity contribution is -0.124. The van der Waals surface area contributed by atoms with Gasteiger partial charge in [0, 0.05) is 18.7 Å². The van der Waals surface area contributed by atoms with Gasteiger partial charge >= 0.3 is 0 Å².